The molecule has 6 nitrogen and oxygen atoms in total. The summed E-state index contributed by atoms with van der Waals surface area (Å²) in [6.07, 6.45) is 5.30. The van der Waals surface area contributed by atoms with Gasteiger partial charge in [0.15, 0.2) is 0 Å². The average molecular weight is 340 g/mol. The smallest absolute Gasteiger partial charge is 0.250 e. The molecule has 2 aromatic heterocycles. The molecule has 0 unspecified atom stereocenters. The lowest BCUT2D eigenvalue weighted by molar-refractivity contribution is 0.100. The third kappa shape index (κ3) is 2.53. The molecule has 2 aromatic carbocycles. The van der Waals surface area contributed by atoms with Gasteiger partial charge < -0.3 is 5.73 Å². The van der Waals surface area contributed by atoms with E-state index in [1.807, 2.05) is 41.1 Å². The molecule has 2 heterocycles. The SMILES string of the molecule is Cl.NC(=O)c1ccccc1-n1cnc2ccc(-c3cn[nH]c3)cc21. The van der Waals surface area contributed by atoms with E-state index < -0.39 is 5.91 Å². The fourth-order valence-corrected chi connectivity index (χ4v) is 2.68. The molecule has 0 spiro atoms. The number of amides is 1. The van der Waals surface area contributed by atoms with Crippen LogP contribution in [0.2, 0.25) is 0 Å². The summed E-state index contributed by atoms with van der Waals surface area (Å²) in [6, 6.07) is 13.2. The van der Waals surface area contributed by atoms with Crippen LogP contribution in [0.1, 0.15) is 10.4 Å². The van der Waals surface area contributed by atoms with E-state index in [0.717, 1.165) is 22.2 Å². The first-order valence-corrected chi connectivity index (χ1v) is 7.09. The van der Waals surface area contributed by atoms with Crippen LogP contribution in [0, 0.1) is 0 Å². The van der Waals surface area contributed by atoms with Crippen molar-refractivity contribution in [3.8, 4) is 16.8 Å². The van der Waals surface area contributed by atoms with Crippen LogP contribution in [0.3, 0.4) is 0 Å². The molecule has 3 N–H and O–H groups in total. The zero-order valence-corrected chi connectivity index (χ0v) is 13.3. The second-order valence-corrected chi connectivity index (χ2v) is 5.19. The van der Waals surface area contributed by atoms with Gasteiger partial charge in [0.25, 0.3) is 5.91 Å². The number of aromatic nitrogens is 4. The second kappa shape index (κ2) is 6.17. The van der Waals surface area contributed by atoms with E-state index in [2.05, 4.69) is 15.2 Å². The third-order valence-electron chi connectivity index (χ3n) is 3.81. The van der Waals surface area contributed by atoms with Gasteiger partial charge in [0.2, 0.25) is 0 Å². The predicted octanol–water partition coefficient (Wildman–Crippen LogP) is 2.94. The van der Waals surface area contributed by atoms with Gasteiger partial charge >= 0.3 is 0 Å². The lowest BCUT2D eigenvalue weighted by Crippen LogP contribution is -2.14. The van der Waals surface area contributed by atoms with Gasteiger partial charge in [-0.15, -0.1) is 12.4 Å². The summed E-state index contributed by atoms with van der Waals surface area (Å²) < 4.78 is 1.87. The van der Waals surface area contributed by atoms with Crippen LogP contribution in [-0.4, -0.2) is 25.7 Å². The zero-order chi connectivity index (χ0) is 15.8. The highest BCUT2D eigenvalue weighted by Gasteiger charge is 2.12. The molecule has 0 radical (unpaired) electrons. The van der Waals surface area contributed by atoms with Gasteiger partial charge in [-0.25, -0.2) is 4.98 Å². The highest BCUT2D eigenvalue weighted by atomic mass is 35.5. The van der Waals surface area contributed by atoms with Crippen LogP contribution in [0.25, 0.3) is 27.8 Å². The van der Waals surface area contributed by atoms with Crippen molar-refractivity contribution in [2.45, 2.75) is 0 Å². The molecule has 4 rings (SSSR count). The summed E-state index contributed by atoms with van der Waals surface area (Å²) >= 11 is 0. The van der Waals surface area contributed by atoms with Crippen molar-refractivity contribution >= 4 is 29.3 Å². The Balaban J connectivity index is 0.00000169. The Kier molecular flexibility index (Phi) is 4.05. The number of imidazole rings is 1. The Morgan fingerprint density at radius 2 is 1.96 bits per heavy atom. The number of nitrogens with two attached hydrogens (primary N) is 1. The van der Waals surface area contributed by atoms with Crippen LogP contribution in [0.5, 0.6) is 0 Å². The molecule has 120 valence electrons. The predicted molar refractivity (Wildman–Crippen MR) is 94.4 cm³/mol. The van der Waals surface area contributed by atoms with Crippen molar-refractivity contribution in [1.29, 1.82) is 0 Å². The van der Waals surface area contributed by atoms with Crippen molar-refractivity contribution in [3.63, 3.8) is 0 Å². The Labute approximate surface area is 143 Å². The third-order valence-corrected chi connectivity index (χ3v) is 3.81. The molecular weight excluding hydrogens is 326 g/mol. The number of H-pyrrole nitrogens is 1. The number of rotatable bonds is 3. The maximum Gasteiger partial charge on any atom is 0.250 e. The molecule has 0 saturated heterocycles. The van der Waals surface area contributed by atoms with Crippen molar-refractivity contribution in [3.05, 3.63) is 66.7 Å². The number of hydrogen-bond donors (Lipinski definition) is 2. The van der Waals surface area contributed by atoms with E-state index in [-0.39, 0.29) is 12.4 Å². The molecule has 0 saturated carbocycles. The minimum absolute atomic E-state index is 0. The van der Waals surface area contributed by atoms with Crippen molar-refractivity contribution < 1.29 is 4.79 Å². The van der Waals surface area contributed by atoms with E-state index in [4.69, 9.17) is 5.73 Å². The first-order valence-electron chi connectivity index (χ1n) is 7.09. The number of aromatic amines is 1. The van der Waals surface area contributed by atoms with Crippen LogP contribution >= 0.6 is 12.4 Å². The lowest BCUT2D eigenvalue weighted by atomic mass is 10.1. The normalized spacial score (nSPS) is 10.5. The first-order chi connectivity index (χ1) is 11.2. The van der Waals surface area contributed by atoms with E-state index >= 15 is 0 Å². The Hall–Kier alpha value is -3.12. The standard InChI is InChI=1S/C17H13N5O.ClH/c18-17(23)13-3-1-2-4-15(13)22-10-19-14-6-5-11(7-16(14)22)12-8-20-21-9-12;/h1-10H,(H2,18,23)(H,20,21);1H. The highest BCUT2D eigenvalue weighted by molar-refractivity contribution is 5.97. The number of halogens is 1. The van der Waals surface area contributed by atoms with Crippen molar-refractivity contribution in [2.75, 3.05) is 0 Å². The maximum absolute atomic E-state index is 11.7. The van der Waals surface area contributed by atoms with Gasteiger partial charge in [0.1, 0.15) is 6.33 Å². The summed E-state index contributed by atoms with van der Waals surface area (Å²) in [7, 11) is 0. The maximum atomic E-state index is 11.7. The van der Waals surface area contributed by atoms with E-state index in [9.17, 15) is 4.79 Å². The highest BCUT2D eigenvalue weighted by Crippen LogP contribution is 2.26. The largest absolute Gasteiger partial charge is 0.366 e. The van der Waals surface area contributed by atoms with Crippen LogP contribution < -0.4 is 5.73 Å². The molecule has 0 atom stereocenters. The Bertz CT molecular complexity index is 1010. The van der Waals surface area contributed by atoms with Crippen molar-refractivity contribution in [2.24, 2.45) is 5.73 Å². The van der Waals surface area contributed by atoms with Crippen LogP contribution in [-0.2, 0) is 0 Å². The molecule has 1 amide bonds. The monoisotopic (exact) mass is 339 g/mol. The molecule has 7 heteroatoms. The van der Waals surface area contributed by atoms with Gasteiger partial charge in [-0.3, -0.25) is 14.5 Å². The number of para-hydroxylation sites is 1. The van der Waals surface area contributed by atoms with Gasteiger partial charge in [-0.1, -0.05) is 18.2 Å². The summed E-state index contributed by atoms with van der Waals surface area (Å²) in [6.45, 7) is 0. The molecule has 0 aliphatic rings. The molecule has 0 bridgehead atoms. The number of nitrogens with zero attached hydrogens (tertiary/aromatic N) is 3. The van der Waals surface area contributed by atoms with Crippen LogP contribution in [0.15, 0.2) is 61.2 Å². The molecule has 0 aliphatic heterocycles. The number of carbonyl (C=O) groups is 1. The summed E-state index contributed by atoms with van der Waals surface area (Å²) in [5, 5.41) is 6.78. The first kappa shape index (κ1) is 15.8. The number of hydrogen-bond acceptors (Lipinski definition) is 3. The minimum atomic E-state index is -0.464. The van der Waals surface area contributed by atoms with E-state index in [1.165, 1.54) is 0 Å². The quantitative estimate of drug-likeness (QED) is 0.601. The van der Waals surface area contributed by atoms with E-state index in [0.29, 0.717) is 11.3 Å². The molecule has 24 heavy (non-hydrogen) atoms. The zero-order valence-electron chi connectivity index (χ0n) is 12.5. The topological polar surface area (TPSA) is 89.6 Å². The number of carbonyl (C=O) groups excluding carboxylic acids is 1. The number of fused-ring (bicyclic) bond motifs is 1. The number of benzene rings is 2. The minimum Gasteiger partial charge on any atom is -0.366 e. The Morgan fingerprint density at radius 1 is 1.12 bits per heavy atom. The molecule has 4 aromatic rings. The van der Waals surface area contributed by atoms with Gasteiger partial charge in [-0.05, 0) is 29.8 Å². The van der Waals surface area contributed by atoms with Crippen molar-refractivity contribution in [1.82, 2.24) is 19.7 Å². The summed E-state index contributed by atoms with van der Waals surface area (Å²) in [5.74, 6) is -0.464. The van der Waals surface area contributed by atoms with Gasteiger partial charge in [0, 0.05) is 11.8 Å². The summed E-state index contributed by atoms with van der Waals surface area (Å²) in [5.41, 5.74) is 10.4. The summed E-state index contributed by atoms with van der Waals surface area (Å²) in [4.78, 5) is 16.1. The lowest BCUT2D eigenvalue weighted by Gasteiger charge is -2.09. The van der Waals surface area contributed by atoms with Crippen LogP contribution in [0.4, 0.5) is 0 Å². The fraction of sp³-hybridized carbons (Fsp3) is 0. The van der Waals surface area contributed by atoms with Gasteiger partial charge in [-0.2, -0.15) is 5.10 Å². The number of primary amides is 1. The molecule has 0 aliphatic carbocycles. The molecule has 0 fully saturated rings. The van der Waals surface area contributed by atoms with Gasteiger partial charge in [0.05, 0.1) is 28.5 Å². The average Bonchev–Trinajstić information content (AvgIpc) is 3.24. The molecular formula is C17H14ClN5O. The second-order valence-electron chi connectivity index (χ2n) is 5.19. The fourth-order valence-electron chi connectivity index (χ4n) is 2.68. The Morgan fingerprint density at radius 3 is 2.71 bits per heavy atom. The van der Waals surface area contributed by atoms with E-state index in [1.54, 1.807) is 24.7 Å². The number of nitrogens with one attached hydrogen (secondary N) is 1.